The predicted molar refractivity (Wildman–Crippen MR) is 110 cm³/mol. The summed E-state index contributed by atoms with van der Waals surface area (Å²) in [6.07, 6.45) is 2.51. The maximum Gasteiger partial charge on any atom is 0.234 e. The second kappa shape index (κ2) is 9.64. The molecule has 26 heavy (non-hydrogen) atoms. The van der Waals surface area contributed by atoms with E-state index in [2.05, 4.69) is 34.5 Å². The minimum Gasteiger partial charge on any atom is -0.381 e. The molecule has 1 amide bonds. The molecule has 1 saturated heterocycles. The second-order valence-electron chi connectivity index (χ2n) is 6.50. The van der Waals surface area contributed by atoms with Gasteiger partial charge in [0.15, 0.2) is 0 Å². The molecule has 1 N–H and O–H groups in total. The van der Waals surface area contributed by atoms with E-state index in [-0.39, 0.29) is 5.91 Å². The van der Waals surface area contributed by atoms with Gasteiger partial charge in [-0.2, -0.15) is 0 Å². The van der Waals surface area contributed by atoms with Crippen molar-refractivity contribution in [2.45, 2.75) is 24.7 Å². The first-order chi connectivity index (χ1) is 12.7. The number of carbonyl (C=O) groups is 1. The quantitative estimate of drug-likeness (QED) is 0.794. The lowest BCUT2D eigenvalue weighted by atomic mass is 10.1. The number of benzene rings is 2. The van der Waals surface area contributed by atoms with Gasteiger partial charge >= 0.3 is 0 Å². The predicted octanol–water partition coefficient (Wildman–Crippen LogP) is 4.17. The summed E-state index contributed by atoms with van der Waals surface area (Å²) in [5.41, 5.74) is 3.30. The number of methoxy groups -OCH3 is 1. The van der Waals surface area contributed by atoms with Gasteiger partial charge in [-0.15, -0.1) is 11.8 Å². The molecule has 138 valence electrons. The van der Waals surface area contributed by atoms with Crippen LogP contribution in [0.2, 0.25) is 0 Å². The van der Waals surface area contributed by atoms with E-state index in [1.807, 2.05) is 30.3 Å². The van der Waals surface area contributed by atoms with Crippen LogP contribution in [0.1, 0.15) is 18.4 Å². The average Bonchev–Trinajstić information content (AvgIpc) is 2.69. The van der Waals surface area contributed by atoms with Gasteiger partial charge in [-0.1, -0.05) is 30.3 Å². The van der Waals surface area contributed by atoms with Crippen molar-refractivity contribution >= 4 is 29.0 Å². The average molecular weight is 371 g/mol. The van der Waals surface area contributed by atoms with Crippen LogP contribution in [0.5, 0.6) is 0 Å². The Bertz CT molecular complexity index is 683. The minimum atomic E-state index is 0.0413. The Labute approximate surface area is 159 Å². The summed E-state index contributed by atoms with van der Waals surface area (Å²) in [4.78, 5) is 14.5. The zero-order chi connectivity index (χ0) is 18.2. The molecule has 0 aromatic heterocycles. The molecule has 1 aliphatic rings. The number of thioether (sulfide) groups is 1. The molecule has 3 rings (SSSR count). The van der Waals surface area contributed by atoms with E-state index in [1.165, 1.54) is 11.3 Å². The normalized spacial score (nSPS) is 15.0. The number of ether oxygens (including phenoxy) is 1. The third-order valence-electron chi connectivity index (χ3n) is 4.64. The highest BCUT2D eigenvalue weighted by Gasteiger charge is 2.18. The second-order valence-corrected chi connectivity index (χ2v) is 7.48. The molecule has 0 radical (unpaired) electrons. The lowest BCUT2D eigenvalue weighted by Crippen LogP contribution is -2.36. The van der Waals surface area contributed by atoms with Crippen LogP contribution in [0.4, 0.5) is 11.4 Å². The highest BCUT2D eigenvalue weighted by molar-refractivity contribution is 7.99. The largest absolute Gasteiger partial charge is 0.381 e. The maximum atomic E-state index is 12.1. The van der Waals surface area contributed by atoms with Crippen LogP contribution in [0.3, 0.4) is 0 Å². The number of amides is 1. The molecular formula is C21H26N2O2S. The van der Waals surface area contributed by atoms with Crippen molar-refractivity contribution in [2.24, 2.45) is 0 Å². The number of carbonyl (C=O) groups excluding carboxylic acids is 1. The number of hydrogen-bond donors (Lipinski definition) is 1. The van der Waals surface area contributed by atoms with Gasteiger partial charge in [0.05, 0.1) is 11.9 Å². The van der Waals surface area contributed by atoms with E-state index >= 15 is 0 Å². The molecule has 0 saturated carbocycles. The maximum absolute atomic E-state index is 12.1. The lowest BCUT2D eigenvalue weighted by molar-refractivity contribution is -0.113. The molecule has 0 spiro atoms. The molecule has 1 fully saturated rings. The number of rotatable bonds is 7. The van der Waals surface area contributed by atoms with Crippen molar-refractivity contribution in [1.82, 2.24) is 0 Å². The number of anilines is 2. The Morgan fingerprint density at radius 1 is 1.12 bits per heavy atom. The Morgan fingerprint density at radius 3 is 2.46 bits per heavy atom. The van der Waals surface area contributed by atoms with Crippen LogP contribution >= 0.6 is 11.8 Å². The molecule has 1 aliphatic heterocycles. The summed E-state index contributed by atoms with van der Waals surface area (Å²) >= 11 is 1.63. The zero-order valence-corrected chi connectivity index (χ0v) is 16.0. The highest BCUT2D eigenvalue weighted by atomic mass is 32.2. The van der Waals surface area contributed by atoms with E-state index in [9.17, 15) is 4.79 Å². The minimum absolute atomic E-state index is 0.0413. The fourth-order valence-electron chi connectivity index (χ4n) is 3.14. The first-order valence-corrected chi connectivity index (χ1v) is 10.2. The molecule has 4 nitrogen and oxygen atoms in total. The van der Waals surface area contributed by atoms with Crippen LogP contribution in [-0.2, 0) is 15.3 Å². The molecule has 0 unspecified atom stereocenters. The molecule has 0 atom stereocenters. The lowest BCUT2D eigenvalue weighted by Gasteiger charge is -2.33. The Hall–Kier alpha value is -1.98. The van der Waals surface area contributed by atoms with Crippen LogP contribution in [0.25, 0.3) is 0 Å². The number of nitrogens with zero attached hydrogens (tertiary/aromatic N) is 1. The van der Waals surface area contributed by atoms with E-state index in [4.69, 9.17) is 4.74 Å². The van der Waals surface area contributed by atoms with Gasteiger partial charge < -0.3 is 15.0 Å². The van der Waals surface area contributed by atoms with E-state index < -0.39 is 0 Å². The molecular weight excluding hydrogens is 344 g/mol. The number of nitrogens with one attached hydrogen (secondary N) is 1. The van der Waals surface area contributed by atoms with Gasteiger partial charge in [-0.25, -0.2) is 0 Å². The van der Waals surface area contributed by atoms with Gasteiger partial charge in [0.2, 0.25) is 5.91 Å². The third-order valence-corrected chi connectivity index (χ3v) is 5.64. The van der Waals surface area contributed by atoms with Crippen molar-refractivity contribution in [2.75, 3.05) is 36.2 Å². The molecule has 1 heterocycles. The summed E-state index contributed by atoms with van der Waals surface area (Å²) in [7, 11) is 1.79. The molecule has 2 aromatic carbocycles. The third kappa shape index (κ3) is 5.51. The van der Waals surface area contributed by atoms with Gasteiger partial charge in [-0.05, 0) is 42.7 Å². The molecule has 0 bridgehead atoms. The van der Waals surface area contributed by atoms with Crippen LogP contribution in [0.15, 0.2) is 54.6 Å². The first-order valence-electron chi connectivity index (χ1n) is 9.04. The summed E-state index contributed by atoms with van der Waals surface area (Å²) in [5, 5.41) is 2.98. The molecule has 5 heteroatoms. The SMILES string of the molecule is COC1CCN(c2ccc(NC(=O)CSCc3ccccc3)cc2)CC1. The summed E-state index contributed by atoms with van der Waals surface area (Å²) in [5.74, 6) is 1.35. The Morgan fingerprint density at radius 2 is 1.81 bits per heavy atom. The van der Waals surface area contributed by atoms with Crippen molar-refractivity contribution in [3.8, 4) is 0 Å². The van der Waals surface area contributed by atoms with Gasteiger partial charge in [0.1, 0.15) is 0 Å². The standard InChI is InChI=1S/C21H26N2O2S/c1-25-20-11-13-23(14-12-20)19-9-7-18(8-10-19)22-21(24)16-26-15-17-5-3-2-4-6-17/h2-10,20H,11-16H2,1H3,(H,22,24). The van der Waals surface area contributed by atoms with E-state index in [1.54, 1.807) is 18.9 Å². The summed E-state index contributed by atoms with van der Waals surface area (Å²) in [6, 6.07) is 18.3. The summed E-state index contributed by atoms with van der Waals surface area (Å²) in [6.45, 7) is 2.03. The molecule has 2 aromatic rings. The topological polar surface area (TPSA) is 41.6 Å². The number of hydrogen-bond acceptors (Lipinski definition) is 4. The van der Waals surface area contributed by atoms with E-state index in [0.29, 0.717) is 11.9 Å². The zero-order valence-electron chi connectivity index (χ0n) is 15.2. The monoisotopic (exact) mass is 370 g/mol. The van der Waals surface area contributed by atoms with Crippen LogP contribution in [0, 0.1) is 0 Å². The smallest absolute Gasteiger partial charge is 0.234 e. The van der Waals surface area contributed by atoms with Crippen molar-refractivity contribution in [3.05, 3.63) is 60.2 Å². The van der Waals surface area contributed by atoms with E-state index in [0.717, 1.165) is 37.4 Å². The Kier molecular flexibility index (Phi) is 6.97. The Balaban J connectivity index is 1.43. The molecule has 0 aliphatic carbocycles. The van der Waals surface area contributed by atoms with Crippen LogP contribution in [-0.4, -0.2) is 38.0 Å². The van der Waals surface area contributed by atoms with Gasteiger partial charge in [-0.3, -0.25) is 4.79 Å². The summed E-state index contributed by atoms with van der Waals surface area (Å²) < 4.78 is 5.42. The van der Waals surface area contributed by atoms with Gasteiger partial charge in [0.25, 0.3) is 0 Å². The van der Waals surface area contributed by atoms with Crippen LogP contribution < -0.4 is 10.2 Å². The fourth-order valence-corrected chi connectivity index (χ4v) is 3.93. The van der Waals surface area contributed by atoms with Crippen molar-refractivity contribution < 1.29 is 9.53 Å². The highest BCUT2D eigenvalue weighted by Crippen LogP contribution is 2.23. The fraction of sp³-hybridized carbons (Fsp3) is 0.381. The van der Waals surface area contributed by atoms with Crippen molar-refractivity contribution in [3.63, 3.8) is 0 Å². The first kappa shape index (κ1) is 18.8. The van der Waals surface area contributed by atoms with Gasteiger partial charge in [0, 0.05) is 37.3 Å². The number of piperidine rings is 1. The van der Waals surface area contributed by atoms with Crippen molar-refractivity contribution in [1.29, 1.82) is 0 Å².